The van der Waals surface area contributed by atoms with Crippen LogP contribution in [-0.2, 0) is 16.1 Å². The molecule has 0 saturated heterocycles. The zero-order valence-corrected chi connectivity index (χ0v) is 16.1. The summed E-state index contributed by atoms with van der Waals surface area (Å²) in [6.45, 7) is 0.362. The molecule has 1 unspecified atom stereocenters. The Labute approximate surface area is 170 Å². The Balaban J connectivity index is 2.07. The molecule has 3 aromatic rings. The quantitative estimate of drug-likeness (QED) is 0.593. The van der Waals surface area contributed by atoms with Gasteiger partial charge in [0.15, 0.2) is 11.9 Å². The molecule has 2 atom stereocenters. The van der Waals surface area contributed by atoms with Gasteiger partial charge < -0.3 is 20.5 Å². The van der Waals surface area contributed by atoms with E-state index in [-0.39, 0.29) is 17.1 Å². The van der Waals surface area contributed by atoms with E-state index in [2.05, 4.69) is 0 Å². The normalized spacial score (nSPS) is 17.1. The van der Waals surface area contributed by atoms with Gasteiger partial charge in [0.25, 0.3) is 0 Å². The molecule has 0 spiro atoms. The molecule has 148 valence electrons. The first-order valence-corrected chi connectivity index (χ1v) is 9.99. The standard InChI is InChI=1S/C21H18N2O5S/c22-20(26)19-16-15-12(18(25)21(27)28)7-4-8-13(15)23(17(16)14(24)10-29-19)9-11-5-2-1-3-6-11/h1-8,18-19,25H,9-10H2,(H2,22,26)(H,27,28)/t18?,19-/m0/s1. The molecule has 2 heterocycles. The van der Waals surface area contributed by atoms with Crippen LogP contribution in [0.5, 0.6) is 0 Å². The number of carbonyl (C=O) groups is 3. The maximum absolute atomic E-state index is 12.9. The highest BCUT2D eigenvalue weighted by atomic mass is 32.2. The summed E-state index contributed by atoms with van der Waals surface area (Å²) < 4.78 is 1.79. The summed E-state index contributed by atoms with van der Waals surface area (Å²) in [7, 11) is 0. The van der Waals surface area contributed by atoms with Crippen molar-refractivity contribution in [3.63, 3.8) is 0 Å². The van der Waals surface area contributed by atoms with Gasteiger partial charge in [-0.1, -0.05) is 42.5 Å². The largest absolute Gasteiger partial charge is 0.479 e. The maximum Gasteiger partial charge on any atom is 0.337 e. The molecule has 4 rings (SSSR count). The molecule has 0 aliphatic carbocycles. The SMILES string of the molecule is NC(=O)[C@H]1SCC(=O)c2c1c1c(C(O)C(=O)O)cccc1n2Cc1ccccc1. The number of amides is 1. The zero-order valence-electron chi connectivity index (χ0n) is 15.2. The fourth-order valence-corrected chi connectivity index (χ4v) is 4.86. The molecule has 1 aliphatic heterocycles. The van der Waals surface area contributed by atoms with E-state index in [1.54, 1.807) is 16.7 Å². The monoisotopic (exact) mass is 410 g/mol. The Hall–Kier alpha value is -3.10. The number of benzene rings is 2. The topological polar surface area (TPSA) is 123 Å². The van der Waals surface area contributed by atoms with Crippen molar-refractivity contribution in [1.29, 1.82) is 0 Å². The van der Waals surface area contributed by atoms with Crippen molar-refractivity contribution in [1.82, 2.24) is 4.57 Å². The van der Waals surface area contributed by atoms with E-state index in [1.165, 1.54) is 6.07 Å². The van der Waals surface area contributed by atoms with E-state index in [1.807, 2.05) is 30.3 Å². The number of nitrogens with two attached hydrogens (primary N) is 1. The number of rotatable bonds is 5. The molecular weight excluding hydrogens is 392 g/mol. The molecule has 1 aliphatic rings. The summed E-state index contributed by atoms with van der Waals surface area (Å²) in [5.41, 5.74) is 8.00. The van der Waals surface area contributed by atoms with Gasteiger partial charge in [-0.2, -0.15) is 0 Å². The number of fused-ring (bicyclic) bond motifs is 3. The number of primary amides is 1. The molecule has 0 fully saturated rings. The highest BCUT2D eigenvalue weighted by Crippen LogP contribution is 2.45. The molecule has 1 aromatic heterocycles. The molecule has 0 saturated carbocycles. The number of carboxylic acid groups (broad SMARTS) is 1. The van der Waals surface area contributed by atoms with Crippen molar-refractivity contribution < 1.29 is 24.6 Å². The van der Waals surface area contributed by atoms with E-state index in [9.17, 15) is 24.6 Å². The fourth-order valence-electron chi connectivity index (χ4n) is 3.84. The zero-order chi connectivity index (χ0) is 20.7. The second kappa shape index (κ2) is 7.38. The lowest BCUT2D eigenvalue weighted by atomic mass is 9.97. The third-order valence-electron chi connectivity index (χ3n) is 5.04. The van der Waals surface area contributed by atoms with Gasteiger partial charge in [-0.15, -0.1) is 11.8 Å². The van der Waals surface area contributed by atoms with Crippen molar-refractivity contribution in [3.8, 4) is 0 Å². The number of thioether (sulfide) groups is 1. The van der Waals surface area contributed by atoms with Crippen LogP contribution in [0.1, 0.15) is 38.5 Å². The number of aliphatic hydroxyl groups is 1. The molecule has 2 aromatic carbocycles. The predicted molar refractivity (Wildman–Crippen MR) is 109 cm³/mol. The molecule has 0 radical (unpaired) electrons. The Morgan fingerprint density at radius 3 is 2.55 bits per heavy atom. The number of ketones is 1. The Morgan fingerprint density at radius 2 is 1.90 bits per heavy atom. The summed E-state index contributed by atoms with van der Waals surface area (Å²) in [4.78, 5) is 36.5. The Morgan fingerprint density at radius 1 is 1.17 bits per heavy atom. The number of nitrogens with zero attached hydrogens (tertiary/aromatic N) is 1. The minimum absolute atomic E-state index is 0.0997. The van der Waals surface area contributed by atoms with Crippen LogP contribution in [0.25, 0.3) is 10.9 Å². The molecule has 8 heteroatoms. The van der Waals surface area contributed by atoms with Gasteiger partial charge in [-0.25, -0.2) is 4.79 Å². The number of hydrogen-bond donors (Lipinski definition) is 3. The minimum Gasteiger partial charge on any atom is -0.479 e. The van der Waals surface area contributed by atoms with Crippen LogP contribution in [0.3, 0.4) is 0 Å². The second-order valence-corrected chi connectivity index (χ2v) is 7.93. The Bertz CT molecular complexity index is 1140. The van der Waals surface area contributed by atoms with Crippen LogP contribution >= 0.6 is 11.8 Å². The number of Topliss-reactive ketones (excluding diaryl/α,β-unsaturated/α-hetero) is 1. The fraction of sp³-hybridized carbons (Fsp3) is 0.190. The highest BCUT2D eigenvalue weighted by molar-refractivity contribution is 8.01. The summed E-state index contributed by atoms with van der Waals surface area (Å²) in [5, 5.41) is 19.2. The molecule has 7 nitrogen and oxygen atoms in total. The van der Waals surface area contributed by atoms with Crippen molar-refractivity contribution >= 4 is 40.3 Å². The van der Waals surface area contributed by atoms with Crippen LogP contribution in [0, 0.1) is 0 Å². The van der Waals surface area contributed by atoms with E-state index >= 15 is 0 Å². The summed E-state index contributed by atoms with van der Waals surface area (Å²) in [6.07, 6.45) is -1.79. The number of carbonyl (C=O) groups excluding carboxylic acids is 2. The van der Waals surface area contributed by atoms with Gasteiger partial charge in [0, 0.05) is 28.6 Å². The van der Waals surface area contributed by atoms with Crippen LogP contribution in [0.15, 0.2) is 48.5 Å². The van der Waals surface area contributed by atoms with Crippen LogP contribution < -0.4 is 5.73 Å². The van der Waals surface area contributed by atoms with E-state index in [4.69, 9.17) is 5.73 Å². The van der Waals surface area contributed by atoms with Gasteiger partial charge in [-0.3, -0.25) is 9.59 Å². The van der Waals surface area contributed by atoms with Crippen molar-refractivity contribution in [2.24, 2.45) is 5.73 Å². The smallest absolute Gasteiger partial charge is 0.337 e. The predicted octanol–water partition coefficient (Wildman–Crippen LogP) is 2.26. The number of aromatic nitrogens is 1. The molecule has 1 amide bonds. The maximum atomic E-state index is 12.9. The van der Waals surface area contributed by atoms with Crippen molar-refractivity contribution in [2.45, 2.75) is 17.9 Å². The molecule has 0 bridgehead atoms. The van der Waals surface area contributed by atoms with E-state index in [0.717, 1.165) is 17.3 Å². The van der Waals surface area contributed by atoms with Gasteiger partial charge in [-0.05, 0) is 11.6 Å². The average molecular weight is 410 g/mol. The van der Waals surface area contributed by atoms with Gasteiger partial charge >= 0.3 is 5.97 Å². The second-order valence-electron chi connectivity index (χ2n) is 6.83. The van der Waals surface area contributed by atoms with Crippen LogP contribution in [0.4, 0.5) is 0 Å². The van der Waals surface area contributed by atoms with Gasteiger partial charge in [0.05, 0.1) is 11.4 Å². The molecule has 29 heavy (non-hydrogen) atoms. The van der Waals surface area contributed by atoms with Gasteiger partial charge in [0.1, 0.15) is 5.25 Å². The third-order valence-corrected chi connectivity index (χ3v) is 6.27. The van der Waals surface area contributed by atoms with Crippen molar-refractivity contribution in [3.05, 3.63) is 70.9 Å². The van der Waals surface area contributed by atoms with E-state index in [0.29, 0.717) is 28.7 Å². The van der Waals surface area contributed by atoms with Crippen LogP contribution in [-0.4, -0.2) is 38.2 Å². The highest BCUT2D eigenvalue weighted by Gasteiger charge is 2.37. The summed E-state index contributed by atoms with van der Waals surface area (Å²) in [5.74, 6) is -2.08. The lowest BCUT2D eigenvalue weighted by Gasteiger charge is -2.21. The molecular formula is C21H18N2O5S. The van der Waals surface area contributed by atoms with E-state index < -0.39 is 23.2 Å². The number of aliphatic hydroxyl groups excluding tert-OH is 1. The first-order chi connectivity index (χ1) is 13.9. The summed E-state index contributed by atoms with van der Waals surface area (Å²) in [6, 6.07) is 14.4. The average Bonchev–Trinajstić information content (AvgIpc) is 3.03. The number of aliphatic carboxylic acids is 1. The number of carboxylic acids is 1. The third kappa shape index (κ3) is 3.20. The first-order valence-electron chi connectivity index (χ1n) is 8.94. The number of hydrogen-bond acceptors (Lipinski definition) is 5. The lowest BCUT2D eigenvalue weighted by molar-refractivity contribution is -0.146. The van der Waals surface area contributed by atoms with Crippen molar-refractivity contribution in [2.75, 3.05) is 5.75 Å². The summed E-state index contributed by atoms with van der Waals surface area (Å²) >= 11 is 1.12. The lowest BCUT2D eigenvalue weighted by Crippen LogP contribution is -2.27. The Kier molecular flexibility index (Phi) is 4.89. The molecule has 4 N–H and O–H groups in total. The van der Waals surface area contributed by atoms with Crippen LogP contribution in [0.2, 0.25) is 0 Å². The minimum atomic E-state index is -1.79. The first kappa shape index (κ1) is 19.2. The van der Waals surface area contributed by atoms with Gasteiger partial charge in [0.2, 0.25) is 5.91 Å².